The van der Waals surface area contributed by atoms with Crippen molar-refractivity contribution in [1.82, 2.24) is 0 Å². The molecule has 0 radical (unpaired) electrons. The summed E-state index contributed by atoms with van der Waals surface area (Å²) in [5, 5.41) is 18.4. The van der Waals surface area contributed by atoms with Gasteiger partial charge in [0, 0.05) is 22.3 Å². The first kappa shape index (κ1) is 22.1. The van der Waals surface area contributed by atoms with Crippen LogP contribution in [0.3, 0.4) is 0 Å². The van der Waals surface area contributed by atoms with Crippen molar-refractivity contribution in [3.05, 3.63) is 130 Å². The summed E-state index contributed by atoms with van der Waals surface area (Å²) in [6, 6.07) is 29.6. The number of rotatable bonds is 3. The Balaban J connectivity index is 1.49. The number of benzene rings is 4. The van der Waals surface area contributed by atoms with Gasteiger partial charge in [0.1, 0.15) is 0 Å². The lowest BCUT2D eigenvalue weighted by atomic mass is 10.0. The molecule has 0 fully saturated rings. The maximum atomic E-state index is 11.3. The molecule has 0 aliphatic rings. The van der Waals surface area contributed by atoms with Crippen LogP contribution in [0, 0.1) is 23.7 Å². The summed E-state index contributed by atoms with van der Waals surface area (Å²) < 4.78 is 0. The Morgan fingerprint density at radius 3 is 1.35 bits per heavy atom. The van der Waals surface area contributed by atoms with E-state index in [4.69, 9.17) is 5.11 Å². The van der Waals surface area contributed by atoms with Crippen LogP contribution in [0.25, 0.3) is 11.1 Å². The summed E-state index contributed by atoms with van der Waals surface area (Å²) in [6.07, 6.45) is 0. The molecule has 0 bridgehead atoms. The summed E-state index contributed by atoms with van der Waals surface area (Å²) in [4.78, 5) is 22.5. The lowest BCUT2D eigenvalue weighted by molar-refractivity contribution is 0.0651. The minimum atomic E-state index is -1.30. The van der Waals surface area contributed by atoms with Crippen molar-refractivity contribution in [3.63, 3.8) is 0 Å². The van der Waals surface area contributed by atoms with E-state index < -0.39 is 11.9 Å². The van der Waals surface area contributed by atoms with Crippen LogP contribution in [0.5, 0.6) is 0 Å². The monoisotopic (exact) mass is 442 g/mol. The molecule has 4 heteroatoms. The second kappa shape index (κ2) is 10.0. The smallest absolute Gasteiger partial charge is 0.336 e. The molecule has 0 atom stereocenters. The predicted molar refractivity (Wildman–Crippen MR) is 131 cm³/mol. The van der Waals surface area contributed by atoms with Crippen LogP contribution in [0.4, 0.5) is 0 Å². The largest absolute Gasteiger partial charge is 0.478 e. The van der Waals surface area contributed by atoms with Gasteiger partial charge in [0.25, 0.3) is 0 Å². The van der Waals surface area contributed by atoms with Crippen molar-refractivity contribution in [2.45, 2.75) is 0 Å². The molecular formula is C30H18O4. The molecule has 0 amide bonds. The van der Waals surface area contributed by atoms with Crippen LogP contribution in [-0.2, 0) is 0 Å². The fraction of sp³-hybridized carbons (Fsp3) is 0. The highest BCUT2D eigenvalue weighted by Gasteiger charge is 2.15. The predicted octanol–water partition coefficient (Wildman–Crippen LogP) is 5.55. The van der Waals surface area contributed by atoms with Crippen LogP contribution in [0.15, 0.2) is 97.1 Å². The van der Waals surface area contributed by atoms with Crippen LogP contribution < -0.4 is 0 Å². The third kappa shape index (κ3) is 5.40. The normalized spacial score (nSPS) is 9.76. The first-order valence-electron chi connectivity index (χ1n) is 10.4. The Bertz CT molecular complexity index is 1480. The van der Waals surface area contributed by atoms with Crippen molar-refractivity contribution >= 4 is 11.9 Å². The summed E-state index contributed by atoms with van der Waals surface area (Å²) in [5.74, 6) is 9.60. The van der Waals surface area contributed by atoms with Gasteiger partial charge in [0.15, 0.2) is 0 Å². The van der Waals surface area contributed by atoms with Gasteiger partial charge in [0.2, 0.25) is 0 Å². The quantitative estimate of drug-likeness (QED) is 0.408. The van der Waals surface area contributed by atoms with Gasteiger partial charge in [-0.25, -0.2) is 9.59 Å². The Labute approximate surface area is 197 Å². The van der Waals surface area contributed by atoms with Gasteiger partial charge in [-0.15, -0.1) is 0 Å². The summed E-state index contributed by atoms with van der Waals surface area (Å²) in [6.45, 7) is 0. The zero-order valence-corrected chi connectivity index (χ0v) is 17.9. The maximum Gasteiger partial charge on any atom is 0.336 e. The van der Waals surface area contributed by atoms with Crippen LogP contribution >= 0.6 is 0 Å². The Hall–Kier alpha value is -5.06. The van der Waals surface area contributed by atoms with E-state index in [9.17, 15) is 14.7 Å². The number of hydrogen-bond acceptors (Lipinski definition) is 2. The highest BCUT2D eigenvalue weighted by atomic mass is 16.4. The van der Waals surface area contributed by atoms with Crippen LogP contribution in [-0.4, -0.2) is 22.2 Å². The SMILES string of the molecule is O=C(O)c1ccc(C#Cc2ccc(-c3ccc(C#Cc4ccccc4)cc3)cc2)cc1C(=O)O. The van der Waals surface area contributed by atoms with E-state index in [2.05, 4.69) is 23.7 Å². The van der Waals surface area contributed by atoms with Crippen molar-refractivity contribution < 1.29 is 19.8 Å². The number of carbonyl (C=O) groups is 2. The highest BCUT2D eigenvalue weighted by molar-refractivity contribution is 6.02. The maximum absolute atomic E-state index is 11.3. The van der Waals surface area contributed by atoms with Crippen LogP contribution in [0.2, 0.25) is 0 Å². The number of aromatic carboxylic acids is 2. The third-order valence-corrected chi connectivity index (χ3v) is 5.06. The molecule has 0 aliphatic carbocycles. The van der Waals surface area contributed by atoms with Crippen LogP contribution in [0.1, 0.15) is 43.0 Å². The second-order valence-electron chi connectivity index (χ2n) is 7.39. The molecule has 4 nitrogen and oxygen atoms in total. The Kier molecular flexibility index (Phi) is 6.54. The molecule has 0 unspecified atom stereocenters. The number of carboxylic acids is 2. The minimum absolute atomic E-state index is 0.264. The molecule has 0 saturated heterocycles. The topological polar surface area (TPSA) is 74.6 Å². The summed E-state index contributed by atoms with van der Waals surface area (Å²) in [5.41, 5.74) is 4.63. The van der Waals surface area contributed by atoms with E-state index in [1.165, 1.54) is 18.2 Å². The molecule has 4 aromatic rings. The molecule has 34 heavy (non-hydrogen) atoms. The molecule has 0 saturated carbocycles. The van der Waals surface area contributed by atoms with Gasteiger partial charge in [-0.1, -0.05) is 66.1 Å². The van der Waals surface area contributed by atoms with E-state index in [1.54, 1.807) is 0 Å². The second-order valence-corrected chi connectivity index (χ2v) is 7.39. The van der Waals surface area contributed by atoms with Gasteiger partial charge < -0.3 is 10.2 Å². The molecule has 0 aromatic heterocycles. The van der Waals surface area contributed by atoms with Crippen molar-refractivity contribution in [2.75, 3.05) is 0 Å². The summed E-state index contributed by atoms with van der Waals surface area (Å²) in [7, 11) is 0. The van der Waals surface area contributed by atoms with E-state index in [1.807, 2.05) is 78.9 Å². The minimum Gasteiger partial charge on any atom is -0.478 e. The molecule has 2 N–H and O–H groups in total. The van der Waals surface area contributed by atoms with E-state index >= 15 is 0 Å². The van der Waals surface area contributed by atoms with Gasteiger partial charge >= 0.3 is 11.9 Å². The average molecular weight is 442 g/mol. The first-order chi connectivity index (χ1) is 16.5. The molecule has 162 valence electrons. The van der Waals surface area contributed by atoms with E-state index in [-0.39, 0.29) is 11.1 Å². The molecule has 0 aliphatic heterocycles. The van der Waals surface area contributed by atoms with Crippen molar-refractivity contribution in [2.24, 2.45) is 0 Å². The molecule has 0 spiro atoms. The van der Waals surface area contributed by atoms with Gasteiger partial charge in [-0.05, 0) is 65.7 Å². The summed E-state index contributed by atoms with van der Waals surface area (Å²) >= 11 is 0. The Morgan fingerprint density at radius 1 is 0.471 bits per heavy atom. The highest BCUT2D eigenvalue weighted by Crippen LogP contribution is 2.20. The lowest BCUT2D eigenvalue weighted by Crippen LogP contribution is -2.08. The number of carboxylic acid groups (broad SMARTS) is 2. The lowest BCUT2D eigenvalue weighted by Gasteiger charge is -2.03. The van der Waals surface area contributed by atoms with E-state index in [0.29, 0.717) is 5.56 Å². The third-order valence-electron chi connectivity index (χ3n) is 5.06. The Morgan fingerprint density at radius 2 is 0.882 bits per heavy atom. The molecule has 0 heterocycles. The standard InChI is InChI=1S/C30H18O4/c31-29(32)27-19-14-24(20-28(27)30(33)34)9-8-23-12-17-26(18-13-23)25-15-10-22(11-16-25)7-6-21-4-2-1-3-5-21/h1-5,10-20H,(H,31,32)(H,33,34). The zero-order valence-electron chi connectivity index (χ0n) is 17.9. The molecular weight excluding hydrogens is 424 g/mol. The average Bonchev–Trinajstić information content (AvgIpc) is 2.87. The number of hydrogen-bond donors (Lipinski definition) is 2. The van der Waals surface area contributed by atoms with E-state index in [0.717, 1.165) is 27.8 Å². The zero-order chi connectivity index (χ0) is 23.9. The van der Waals surface area contributed by atoms with Crippen molar-refractivity contribution in [1.29, 1.82) is 0 Å². The molecule has 4 aromatic carbocycles. The first-order valence-corrected chi connectivity index (χ1v) is 10.4. The molecule has 4 rings (SSSR count). The fourth-order valence-corrected chi connectivity index (χ4v) is 3.29. The van der Waals surface area contributed by atoms with Gasteiger partial charge in [0.05, 0.1) is 11.1 Å². The van der Waals surface area contributed by atoms with Gasteiger partial charge in [-0.3, -0.25) is 0 Å². The van der Waals surface area contributed by atoms with Crippen molar-refractivity contribution in [3.8, 4) is 34.8 Å². The van der Waals surface area contributed by atoms with Gasteiger partial charge in [-0.2, -0.15) is 0 Å². The fourth-order valence-electron chi connectivity index (χ4n) is 3.29.